The van der Waals surface area contributed by atoms with E-state index in [1.165, 1.54) is 36.4 Å². The van der Waals surface area contributed by atoms with Gasteiger partial charge in [0.15, 0.2) is 11.5 Å². The van der Waals surface area contributed by atoms with Crippen molar-refractivity contribution in [3.05, 3.63) is 34.3 Å². The molecule has 0 unspecified atom stereocenters. The summed E-state index contributed by atoms with van der Waals surface area (Å²) >= 11 is 1.56. The van der Waals surface area contributed by atoms with E-state index in [-0.39, 0.29) is 0 Å². The highest BCUT2D eigenvalue weighted by molar-refractivity contribution is 7.05. The minimum Gasteiger partial charge on any atom is -0.454 e. The second-order valence-corrected chi connectivity index (χ2v) is 9.12. The smallest absolute Gasteiger partial charge is 0.231 e. The Balaban J connectivity index is 1.36. The molecular formula is C20H24N4O2S. The SMILES string of the molecule is Cc1nnsc1CN1C[C@@H](c2ccc3c(c2)OCO3)[C@@H]2[C@H]1C1CCN2CC1. The number of ether oxygens (including phenoxy) is 2. The summed E-state index contributed by atoms with van der Waals surface area (Å²) < 4.78 is 15.3. The van der Waals surface area contributed by atoms with Crippen LogP contribution < -0.4 is 9.47 Å². The molecule has 4 fully saturated rings. The number of piperidine rings is 3. The molecule has 0 amide bonds. The van der Waals surface area contributed by atoms with Gasteiger partial charge in [-0.25, -0.2) is 0 Å². The molecule has 4 saturated heterocycles. The van der Waals surface area contributed by atoms with Crippen molar-refractivity contribution >= 4 is 11.5 Å². The van der Waals surface area contributed by atoms with Gasteiger partial charge in [0.2, 0.25) is 6.79 Å². The fourth-order valence-electron chi connectivity index (χ4n) is 5.74. The molecule has 2 aromatic rings. The van der Waals surface area contributed by atoms with Gasteiger partial charge in [-0.1, -0.05) is 10.6 Å². The molecule has 6 heterocycles. The molecule has 0 spiro atoms. The van der Waals surface area contributed by atoms with Gasteiger partial charge < -0.3 is 9.47 Å². The van der Waals surface area contributed by atoms with Gasteiger partial charge in [-0.2, -0.15) is 0 Å². The summed E-state index contributed by atoms with van der Waals surface area (Å²) in [4.78, 5) is 6.78. The van der Waals surface area contributed by atoms with Crippen LogP contribution in [0.25, 0.3) is 0 Å². The topological polar surface area (TPSA) is 50.7 Å². The predicted molar refractivity (Wildman–Crippen MR) is 102 cm³/mol. The number of aromatic nitrogens is 2. The summed E-state index contributed by atoms with van der Waals surface area (Å²) in [5.74, 6) is 3.12. The van der Waals surface area contributed by atoms with Crippen molar-refractivity contribution in [1.82, 2.24) is 19.4 Å². The van der Waals surface area contributed by atoms with Crippen molar-refractivity contribution < 1.29 is 9.47 Å². The average Bonchev–Trinajstić information content (AvgIpc) is 3.42. The second kappa shape index (κ2) is 6.15. The number of benzene rings is 1. The van der Waals surface area contributed by atoms with Crippen LogP contribution in [-0.2, 0) is 6.54 Å². The lowest BCUT2D eigenvalue weighted by atomic mass is 9.75. The number of fused-ring (bicyclic) bond motifs is 3. The third-order valence-corrected chi connectivity index (χ3v) is 7.82. The maximum Gasteiger partial charge on any atom is 0.231 e. The Hall–Kier alpha value is -1.70. The molecule has 5 aliphatic heterocycles. The zero-order chi connectivity index (χ0) is 18.0. The molecule has 1 aromatic carbocycles. The maximum absolute atomic E-state index is 5.66. The molecule has 0 N–H and O–H groups in total. The number of nitrogens with zero attached hydrogens (tertiary/aromatic N) is 4. The van der Waals surface area contributed by atoms with Crippen molar-refractivity contribution in [2.75, 3.05) is 26.4 Å². The van der Waals surface area contributed by atoms with Crippen LogP contribution in [0.1, 0.15) is 34.9 Å². The lowest BCUT2D eigenvalue weighted by Gasteiger charge is -2.51. The highest BCUT2D eigenvalue weighted by atomic mass is 32.1. The molecule has 0 saturated carbocycles. The minimum atomic E-state index is 0.341. The van der Waals surface area contributed by atoms with Gasteiger partial charge in [0.1, 0.15) is 0 Å². The van der Waals surface area contributed by atoms with E-state index < -0.39 is 0 Å². The highest BCUT2D eigenvalue weighted by Crippen LogP contribution is 2.48. The number of likely N-dealkylation sites (tertiary alicyclic amines) is 1. The normalized spacial score (nSPS) is 34.2. The molecule has 0 aliphatic carbocycles. The molecule has 1 aromatic heterocycles. The molecule has 6 nitrogen and oxygen atoms in total. The van der Waals surface area contributed by atoms with Gasteiger partial charge in [0, 0.05) is 31.1 Å². The summed E-state index contributed by atoms with van der Waals surface area (Å²) in [5.41, 5.74) is 2.48. The standard InChI is InChI=1S/C20H24N4O2S/c1-12-18(27-22-21-12)10-24-9-15(14-2-3-16-17(8-14)26-11-25-16)20-19(24)13-4-6-23(20)7-5-13/h2-3,8,13,15,19-20H,4-7,9-11H2,1H3/t15-,19+,20+/m0/s1. The molecular weight excluding hydrogens is 360 g/mol. The monoisotopic (exact) mass is 384 g/mol. The molecule has 27 heavy (non-hydrogen) atoms. The first-order valence-electron chi connectivity index (χ1n) is 9.93. The second-order valence-electron chi connectivity index (χ2n) is 8.28. The Morgan fingerprint density at radius 1 is 1.15 bits per heavy atom. The summed E-state index contributed by atoms with van der Waals surface area (Å²) in [7, 11) is 0. The molecule has 7 rings (SSSR count). The Labute approximate surface area is 163 Å². The van der Waals surface area contributed by atoms with E-state index in [9.17, 15) is 0 Å². The fraction of sp³-hybridized carbons (Fsp3) is 0.600. The third kappa shape index (κ3) is 2.52. The van der Waals surface area contributed by atoms with E-state index in [0.717, 1.165) is 36.2 Å². The summed E-state index contributed by atoms with van der Waals surface area (Å²) in [6.07, 6.45) is 2.68. The van der Waals surface area contributed by atoms with Gasteiger partial charge in [-0.3, -0.25) is 9.80 Å². The van der Waals surface area contributed by atoms with E-state index in [2.05, 4.69) is 44.5 Å². The van der Waals surface area contributed by atoms with Crippen LogP contribution in [0.2, 0.25) is 0 Å². The van der Waals surface area contributed by atoms with Gasteiger partial charge in [0.25, 0.3) is 0 Å². The van der Waals surface area contributed by atoms with Gasteiger partial charge in [0.05, 0.1) is 10.6 Å². The maximum atomic E-state index is 5.66. The molecule has 0 radical (unpaired) electrons. The van der Waals surface area contributed by atoms with Crippen LogP contribution in [0.3, 0.4) is 0 Å². The molecule has 3 atom stereocenters. The van der Waals surface area contributed by atoms with Crippen LogP contribution in [0.15, 0.2) is 18.2 Å². The van der Waals surface area contributed by atoms with Crippen molar-refractivity contribution in [3.8, 4) is 11.5 Å². The predicted octanol–water partition coefficient (Wildman–Crippen LogP) is 2.64. The highest BCUT2D eigenvalue weighted by Gasteiger charge is 2.53. The largest absolute Gasteiger partial charge is 0.454 e. The number of rotatable bonds is 3. The van der Waals surface area contributed by atoms with Gasteiger partial charge in [-0.15, -0.1) is 5.10 Å². The van der Waals surface area contributed by atoms with E-state index in [4.69, 9.17) is 9.47 Å². The van der Waals surface area contributed by atoms with Crippen molar-refractivity contribution in [1.29, 1.82) is 0 Å². The zero-order valence-corrected chi connectivity index (χ0v) is 16.3. The Morgan fingerprint density at radius 3 is 2.81 bits per heavy atom. The summed E-state index contributed by atoms with van der Waals surface area (Å²) in [6, 6.07) is 7.81. The van der Waals surface area contributed by atoms with Crippen LogP contribution in [0.4, 0.5) is 0 Å². The zero-order valence-electron chi connectivity index (χ0n) is 15.5. The molecule has 2 bridgehead atoms. The third-order valence-electron chi connectivity index (χ3n) is 7.01. The summed E-state index contributed by atoms with van der Waals surface area (Å²) in [5, 5.41) is 4.23. The van der Waals surface area contributed by atoms with E-state index in [1.54, 1.807) is 11.5 Å². The van der Waals surface area contributed by atoms with Crippen LogP contribution in [-0.4, -0.2) is 57.9 Å². The minimum absolute atomic E-state index is 0.341. The quantitative estimate of drug-likeness (QED) is 0.811. The first-order chi connectivity index (χ1) is 13.3. The number of hydrogen-bond donors (Lipinski definition) is 0. The molecule has 7 heteroatoms. The first-order valence-corrected chi connectivity index (χ1v) is 10.7. The molecule has 5 aliphatic rings. The average molecular weight is 385 g/mol. The molecule has 142 valence electrons. The van der Waals surface area contributed by atoms with E-state index >= 15 is 0 Å². The van der Waals surface area contributed by atoms with Crippen molar-refractivity contribution in [2.45, 2.75) is 44.3 Å². The Kier molecular flexibility index (Phi) is 3.71. The van der Waals surface area contributed by atoms with Crippen LogP contribution in [0, 0.1) is 12.8 Å². The van der Waals surface area contributed by atoms with E-state index in [0.29, 0.717) is 24.8 Å². The summed E-state index contributed by atoms with van der Waals surface area (Å²) in [6.45, 7) is 7.00. The van der Waals surface area contributed by atoms with Crippen LogP contribution in [0.5, 0.6) is 11.5 Å². The Bertz CT molecular complexity index is 863. The van der Waals surface area contributed by atoms with Crippen molar-refractivity contribution in [2.24, 2.45) is 5.92 Å². The van der Waals surface area contributed by atoms with Gasteiger partial charge >= 0.3 is 0 Å². The van der Waals surface area contributed by atoms with Crippen LogP contribution >= 0.6 is 11.5 Å². The van der Waals surface area contributed by atoms with Gasteiger partial charge in [-0.05, 0) is 68.0 Å². The fourth-order valence-corrected chi connectivity index (χ4v) is 6.40. The lowest BCUT2D eigenvalue weighted by molar-refractivity contribution is -0.00850. The number of hydrogen-bond acceptors (Lipinski definition) is 7. The van der Waals surface area contributed by atoms with E-state index in [1.807, 2.05) is 0 Å². The van der Waals surface area contributed by atoms with Crippen molar-refractivity contribution in [3.63, 3.8) is 0 Å². The number of aryl methyl sites for hydroxylation is 1. The first kappa shape index (κ1) is 16.3. The lowest BCUT2D eigenvalue weighted by Crippen LogP contribution is -2.59. The Morgan fingerprint density at radius 2 is 2.00 bits per heavy atom.